The Balaban J connectivity index is 2.75. The van der Waals surface area contributed by atoms with E-state index < -0.39 is 6.61 Å². The molecule has 1 radical (unpaired) electrons. The number of ether oxygens (including phenoxy) is 1. The van der Waals surface area contributed by atoms with Crippen LogP contribution < -0.4 is 0 Å². The van der Waals surface area contributed by atoms with Gasteiger partial charge in [0.2, 0.25) is 0 Å². The van der Waals surface area contributed by atoms with E-state index in [9.17, 15) is 8.78 Å². The van der Waals surface area contributed by atoms with Crippen molar-refractivity contribution in [1.29, 1.82) is 0 Å². The van der Waals surface area contributed by atoms with Crippen molar-refractivity contribution in [3.05, 3.63) is 6.92 Å². The van der Waals surface area contributed by atoms with E-state index in [1.807, 2.05) is 0 Å². The monoisotopic (exact) mass is 137 g/mol. The van der Waals surface area contributed by atoms with Gasteiger partial charge < -0.3 is 4.74 Å². The summed E-state index contributed by atoms with van der Waals surface area (Å²) in [5, 5.41) is 0. The number of hydrogen-bond donors (Lipinski definition) is 0. The van der Waals surface area contributed by atoms with E-state index in [2.05, 4.69) is 11.7 Å². The highest BCUT2D eigenvalue weighted by Gasteiger charge is 1.98. The quantitative estimate of drug-likeness (QED) is 0.528. The summed E-state index contributed by atoms with van der Waals surface area (Å²) >= 11 is 0. The van der Waals surface area contributed by atoms with Crippen LogP contribution >= 0.6 is 0 Å². The molecule has 0 aliphatic rings. The fourth-order valence-electron chi connectivity index (χ4n) is 0.451. The van der Waals surface area contributed by atoms with Gasteiger partial charge in [0.15, 0.2) is 0 Å². The minimum absolute atomic E-state index is 0.146. The highest BCUT2D eigenvalue weighted by molar-refractivity contribution is 4.40. The first kappa shape index (κ1) is 8.82. The first-order valence-corrected chi connectivity index (χ1v) is 2.96. The molecule has 0 N–H and O–H groups in total. The average molecular weight is 137 g/mol. The van der Waals surface area contributed by atoms with Crippen molar-refractivity contribution in [1.82, 2.24) is 0 Å². The summed E-state index contributed by atoms with van der Waals surface area (Å²) in [6, 6.07) is 0. The molecule has 0 aromatic rings. The lowest BCUT2D eigenvalue weighted by Gasteiger charge is -1.99. The molecule has 0 bridgehead atoms. The van der Waals surface area contributed by atoms with Crippen LogP contribution in [0.2, 0.25) is 0 Å². The predicted molar refractivity (Wildman–Crippen MR) is 31.2 cm³/mol. The van der Waals surface area contributed by atoms with Crippen LogP contribution in [0.15, 0.2) is 0 Å². The van der Waals surface area contributed by atoms with Gasteiger partial charge in [0.25, 0.3) is 0 Å². The molecule has 0 heterocycles. The number of halogens is 2. The fourth-order valence-corrected chi connectivity index (χ4v) is 0.451. The first-order valence-electron chi connectivity index (χ1n) is 2.96. The number of rotatable bonds is 5. The zero-order valence-corrected chi connectivity index (χ0v) is 5.28. The summed E-state index contributed by atoms with van der Waals surface area (Å²) in [6.07, 6.45) is 2.31. The second-order valence-corrected chi connectivity index (χ2v) is 1.69. The van der Waals surface area contributed by atoms with Crippen molar-refractivity contribution in [2.45, 2.75) is 25.9 Å². The summed E-state index contributed by atoms with van der Waals surface area (Å²) < 4.78 is 26.4. The van der Waals surface area contributed by atoms with Gasteiger partial charge in [0, 0.05) is 0 Å². The number of hydrogen-bond acceptors (Lipinski definition) is 1. The van der Waals surface area contributed by atoms with E-state index in [0.717, 1.165) is 12.8 Å². The molecule has 0 aromatic carbocycles. The van der Waals surface area contributed by atoms with E-state index in [1.165, 1.54) is 0 Å². The molecule has 0 atom stereocenters. The largest absolute Gasteiger partial charge is 0.345 e. The molecule has 55 valence electrons. The van der Waals surface area contributed by atoms with Gasteiger partial charge in [-0.2, -0.15) is 8.78 Å². The maximum atomic E-state index is 11.2. The summed E-state index contributed by atoms with van der Waals surface area (Å²) in [5.41, 5.74) is 0. The average Bonchev–Trinajstić information content (AvgIpc) is 1.80. The third-order valence-electron chi connectivity index (χ3n) is 0.888. The van der Waals surface area contributed by atoms with Gasteiger partial charge >= 0.3 is 6.61 Å². The Morgan fingerprint density at radius 1 is 1.33 bits per heavy atom. The second kappa shape index (κ2) is 5.95. The molecule has 0 aliphatic carbocycles. The molecule has 0 saturated carbocycles. The molecule has 0 aromatic heterocycles. The van der Waals surface area contributed by atoms with Crippen LogP contribution in [0.25, 0.3) is 0 Å². The molecule has 0 fully saturated rings. The van der Waals surface area contributed by atoms with Gasteiger partial charge in [0.05, 0.1) is 6.61 Å². The molecule has 3 heteroatoms. The van der Waals surface area contributed by atoms with Gasteiger partial charge in [-0.05, 0) is 6.42 Å². The summed E-state index contributed by atoms with van der Waals surface area (Å²) in [5.74, 6) is 0. The Labute approximate surface area is 54.0 Å². The summed E-state index contributed by atoms with van der Waals surface area (Å²) in [6.45, 7) is 1.09. The molecular weight excluding hydrogens is 126 g/mol. The minimum atomic E-state index is -2.62. The Morgan fingerprint density at radius 3 is 2.44 bits per heavy atom. The third kappa shape index (κ3) is 7.82. The first-order chi connectivity index (χ1) is 4.27. The lowest BCUT2D eigenvalue weighted by atomic mass is 10.3. The zero-order chi connectivity index (χ0) is 7.11. The SMILES string of the molecule is [CH2]CCCCOC(F)F. The molecule has 0 saturated heterocycles. The standard InChI is InChI=1S/C6H11F2O/c1-2-3-4-5-9-6(7)8/h6H,1-5H2. The Morgan fingerprint density at radius 2 is 2.00 bits per heavy atom. The Bertz CT molecular complexity index is 57.0. The number of alkyl halides is 2. The van der Waals surface area contributed by atoms with Crippen LogP contribution in [-0.4, -0.2) is 13.2 Å². The van der Waals surface area contributed by atoms with Crippen molar-refractivity contribution in [2.75, 3.05) is 6.61 Å². The van der Waals surface area contributed by atoms with Crippen molar-refractivity contribution in [2.24, 2.45) is 0 Å². The van der Waals surface area contributed by atoms with Crippen molar-refractivity contribution in [3.8, 4) is 0 Å². The van der Waals surface area contributed by atoms with E-state index in [-0.39, 0.29) is 6.61 Å². The van der Waals surface area contributed by atoms with Crippen molar-refractivity contribution >= 4 is 0 Å². The summed E-state index contributed by atoms with van der Waals surface area (Å²) in [7, 11) is 0. The lowest BCUT2D eigenvalue weighted by Crippen LogP contribution is -2.00. The number of unbranched alkanes of at least 4 members (excludes halogenated alkanes) is 2. The van der Waals surface area contributed by atoms with Crippen LogP contribution in [0.4, 0.5) is 8.78 Å². The Kier molecular flexibility index (Phi) is 5.83. The topological polar surface area (TPSA) is 9.23 Å². The fraction of sp³-hybridized carbons (Fsp3) is 0.833. The normalized spacial score (nSPS) is 10.7. The van der Waals surface area contributed by atoms with E-state index >= 15 is 0 Å². The second-order valence-electron chi connectivity index (χ2n) is 1.69. The smallest absolute Gasteiger partial charge is 0.323 e. The van der Waals surface area contributed by atoms with E-state index in [4.69, 9.17) is 0 Å². The van der Waals surface area contributed by atoms with Crippen LogP contribution in [-0.2, 0) is 4.74 Å². The summed E-state index contributed by atoms with van der Waals surface area (Å²) in [4.78, 5) is 0. The van der Waals surface area contributed by atoms with Crippen LogP contribution in [0.5, 0.6) is 0 Å². The molecule has 0 spiro atoms. The van der Waals surface area contributed by atoms with Crippen LogP contribution in [0, 0.1) is 6.92 Å². The molecule has 9 heavy (non-hydrogen) atoms. The van der Waals surface area contributed by atoms with E-state index in [0.29, 0.717) is 6.42 Å². The van der Waals surface area contributed by atoms with Crippen LogP contribution in [0.1, 0.15) is 19.3 Å². The molecule has 1 nitrogen and oxygen atoms in total. The van der Waals surface area contributed by atoms with Gasteiger partial charge in [-0.15, -0.1) is 0 Å². The Hall–Kier alpha value is -0.180. The molecule has 0 aliphatic heterocycles. The van der Waals surface area contributed by atoms with Crippen molar-refractivity contribution in [3.63, 3.8) is 0 Å². The highest BCUT2D eigenvalue weighted by atomic mass is 19.3. The lowest BCUT2D eigenvalue weighted by molar-refractivity contribution is -0.129. The van der Waals surface area contributed by atoms with Gasteiger partial charge in [0.1, 0.15) is 0 Å². The molecular formula is C6H11F2O. The third-order valence-corrected chi connectivity index (χ3v) is 0.888. The zero-order valence-electron chi connectivity index (χ0n) is 5.28. The molecule has 0 amide bonds. The van der Waals surface area contributed by atoms with Crippen molar-refractivity contribution < 1.29 is 13.5 Å². The maximum absolute atomic E-state index is 11.2. The molecule has 0 rings (SSSR count). The van der Waals surface area contributed by atoms with Gasteiger partial charge in [-0.1, -0.05) is 19.8 Å². The van der Waals surface area contributed by atoms with Gasteiger partial charge in [-0.25, -0.2) is 0 Å². The maximum Gasteiger partial charge on any atom is 0.345 e. The van der Waals surface area contributed by atoms with E-state index in [1.54, 1.807) is 0 Å². The van der Waals surface area contributed by atoms with Crippen LogP contribution in [0.3, 0.4) is 0 Å². The predicted octanol–water partition coefficient (Wildman–Crippen LogP) is 2.23. The molecule has 0 unspecified atom stereocenters. The highest BCUT2D eigenvalue weighted by Crippen LogP contribution is 1.98. The minimum Gasteiger partial charge on any atom is -0.323 e. The van der Waals surface area contributed by atoms with Gasteiger partial charge in [-0.3, -0.25) is 0 Å².